The SMILES string of the molecule is CC(=O)NCC1CCN(Cc2cc(Cl)ccc2O)CC1. The summed E-state index contributed by atoms with van der Waals surface area (Å²) in [6.45, 7) is 5.01. The van der Waals surface area contributed by atoms with E-state index >= 15 is 0 Å². The van der Waals surface area contributed by atoms with Crippen molar-refractivity contribution in [3.05, 3.63) is 28.8 Å². The lowest BCUT2D eigenvalue weighted by Gasteiger charge is -2.32. The highest BCUT2D eigenvalue weighted by Gasteiger charge is 2.20. The minimum Gasteiger partial charge on any atom is -0.508 e. The number of hydrogen-bond donors (Lipinski definition) is 2. The molecule has 1 aromatic carbocycles. The Morgan fingerprint density at radius 2 is 2.15 bits per heavy atom. The second kappa shape index (κ2) is 6.95. The summed E-state index contributed by atoms with van der Waals surface area (Å²) < 4.78 is 0. The van der Waals surface area contributed by atoms with E-state index in [0.29, 0.717) is 16.7 Å². The number of rotatable bonds is 4. The molecule has 110 valence electrons. The van der Waals surface area contributed by atoms with E-state index in [9.17, 15) is 9.90 Å². The van der Waals surface area contributed by atoms with Gasteiger partial charge in [0.05, 0.1) is 0 Å². The van der Waals surface area contributed by atoms with Gasteiger partial charge in [-0.1, -0.05) is 11.6 Å². The molecule has 0 atom stereocenters. The third-order valence-corrected chi connectivity index (χ3v) is 4.02. The predicted octanol–water partition coefficient (Wildman–Crippen LogP) is 2.39. The van der Waals surface area contributed by atoms with Crippen molar-refractivity contribution in [3.63, 3.8) is 0 Å². The molecule has 1 saturated heterocycles. The Hall–Kier alpha value is -1.26. The van der Waals surface area contributed by atoms with Gasteiger partial charge in [-0.05, 0) is 50.0 Å². The zero-order valence-corrected chi connectivity index (χ0v) is 12.5. The molecule has 2 rings (SSSR count). The summed E-state index contributed by atoms with van der Waals surface area (Å²) in [4.78, 5) is 13.2. The van der Waals surface area contributed by atoms with E-state index < -0.39 is 0 Å². The quantitative estimate of drug-likeness (QED) is 0.897. The minimum absolute atomic E-state index is 0.0382. The zero-order valence-electron chi connectivity index (χ0n) is 11.7. The van der Waals surface area contributed by atoms with Crippen LogP contribution in [0.3, 0.4) is 0 Å². The molecule has 4 nitrogen and oxygen atoms in total. The number of nitrogens with one attached hydrogen (secondary N) is 1. The lowest BCUT2D eigenvalue weighted by Crippen LogP contribution is -2.37. The maximum absolute atomic E-state index is 10.9. The number of carbonyl (C=O) groups excluding carboxylic acids is 1. The molecule has 1 aromatic rings. The number of nitrogens with zero attached hydrogens (tertiary/aromatic N) is 1. The molecule has 2 N–H and O–H groups in total. The van der Waals surface area contributed by atoms with Crippen LogP contribution in [0.5, 0.6) is 5.75 Å². The highest BCUT2D eigenvalue weighted by molar-refractivity contribution is 6.30. The Labute approximate surface area is 124 Å². The van der Waals surface area contributed by atoms with Crippen molar-refractivity contribution in [1.29, 1.82) is 0 Å². The second-order valence-electron chi connectivity index (χ2n) is 5.43. The number of hydrogen-bond acceptors (Lipinski definition) is 3. The number of benzene rings is 1. The standard InChI is InChI=1S/C15H21ClN2O2/c1-11(19)17-9-12-4-6-18(7-5-12)10-13-8-14(16)2-3-15(13)20/h2-3,8,12,20H,4-7,9-10H2,1H3,(H,17,19). The van der Waals surface area contributed by atoms with Crippen molar-refractivity contribution in [2.24, 2.45) is 5.92 Å². The Kier molecular flexibility index (Phi) is 5.26. The first-order valence-electron chi connectivity index (χ1n) is 6.99. The van der Waals surface area contributed by atoms with E-state index in [-0.39, 0.29) is 5.91 Å². The minimum atomic E-state index is 0.0382. The largest absolute Gasteiger partial charge is 0.508 e. The molecule has 0 radical (unpaired) electrons. The maximum Gasteiger partial charge on any atom is 0.216 e. The Morgan fingerprint density at radius 3 is 2.80 bits per heavy atom. The normalized spacial score (nSPS) is 17.1. The molecule has 5 heteroatoms. The van der Waals surface area contributed by atoms with Gasteiger partial charge in [-0.15, -0.1) is 0 Å². The van der Waals surface area contributed by atoms with E-state index in [1.54, 1.807) is 19.1 Å². The lowest BCUT2D eigenvalue weighted by atomic mass is 9.96. The van der Waals surface area contributed by atoms with Gasteiger partial charge in [0, 0.05) is 30.6 Å². The molecular formula is C15H21ClN2O2. The molecule has 1 heterocycles. The van der Waals surface area contributed by atoms with Gasteiger partial charge < -0.3 is 10.4 Å². The summed E-state index contributed by atoms with van der Waals surface area (Å²) in [5, 5.41) is 13.4. The van der Waals surface area contributed by atoms with Crippen LogP contribution in [0, 0.1) is 5.92 Å². The van der Waals surface area contributed by atoms with Gasteiger partial charge in [-0.3, -0.25) is 9.69 Å². The number of carbonyl (C=O) groups is 1. The van der Waals surface area contributed by atoms with Gasteiger partial charge >= 0.3 is 0 Å². The van der Waals surface area contributed by atoms with Crippen LogP contribution in [0.1, 0.15) is 25.3 Å². The fourth-order valence-corrected chi connectivity index (χ4v) is 2.75. The Morgan fingerprint density at radius 1 is 1.45 bits per heavy atom. The van der Waals surface area contributed by atoms with Gasteiger partial charge in [0.25, 0.3) is 0 Å². The van der Waals surface area contributed by atoms with E-state index in [1.165, 1.54) is 0 Å². The first-order chi connectivity index (χ1) is 9.54. The number of likely N-dealkylation sites (tertiary alicyclic amines) is 1. The highest BCUT2D eigenvalue weighted by Crippen LogP contribution is 2.25. The van der Waals surface area contributed by atoms with Crippen LogP contribution in [-0.2, 0) is 11.3 Å². The Balaban J connectivity index is 1.82. The molecule has 0 spiro atoms. The third kappa shape index (κ3) is 4.39. The van der Waals surface area contributed by atoms with Crippen LogP contribution in [0.25, 0.3) is 0 Å². The van der Waals surface area contributed by atoms with Crippen molar-refractivity contribution < 1.29 is 9.90 Å². The van der Waals surface area contributed by atoms with E-state index in [4.69, 9.17) is 11.6 Å². The average Bonchev–Trinajstić information content (AvgIpc) is 2.42. The molecule has 1 amide bonds. The van der Waals surface area contributed by atoms with Crippen molar-refractivity contribution in [1.82, 2.24) is 10.2 Å². The maximum atomic E-state index is 10.9. The van der Waals surface area contributed by atoms with Crippen molar-refractivity contribution in [3.8, 4) is 5.75 Å². The molecule has 1 aliphatic heterocycles. The van der Waals surface area contributed by atoms with Crippen molar-refractivity contribution in [2.75, 3.05) is 19.6 Å². The van der Waals surface area contributed by atoms with Crippen LogP contribution < -0.4 is 5.32 Å². The fraction of sp³-hybridized carbons (Fsp3) is 0.533. The second-order valence-corrected chi connectivity index (χ2v) is 5.87. The number of halogens is 1. The van der Waals surface area contributed by atoms with E-state index in [1.807, 2.05) is 6.07 Å². The van der Waals surface area contributed by atoms with Crippen molar-refractivity contribution >= 4 is 17.5 Å². The van der Waals surface area contributed by atoms with Crippen LogP contribution in [0.4, 0.5) is 0 Å². The number of aromatic hydroxyl groups is 1. The molecule has 1 aliphatic rings. The van der Waals surface area contributed by atoms with Gasteiger partial charge in [0.2, 0.25) is 5.91 Å². The summed E-state index contributed by atoms with van der Waals surface area (Å²) in [5.74, 6) is 0.897. The van der Waals surface area contributed by atoms with Crippen LogP contribution in [0.2, 0.25) is 5.02 Å². The van der Waals surface area contributed by atoms with Crippen molar-refractivity contribution in [2.45, 2.75) is 26.3 Å². The lowest BCUT2D eigenvalue weighted by molar-refractivity contribution is -0.119. The van der Waals surface area contributed by atoms with Crippen LogP contribution in [0.15, 0.2) is 18.2 Å². The van der Waals surface area contributed by atoms with Gasteiger partial charge in [-0.2, -0.15) is 0 Å². The number of piperidine rings is 1. The van der Waals surface area contributed by atoms with E-state index in [0.717, 1.165) is 44.6 Å². The highest BCUT2D eigenvalue weighted by atomic mass is 35.5. The van der Waals surface area contributed by atoms with Crippen LogP contribution >= 0.6 is 11.6 Å². The van der Waals surface area contributed by atoms with E-state index in [2.05, 4.69) is 10.2 Å². The number of phenolic OH excluding ortho intramolecular Hbond substituents is 1. The molecule has 0 aliphatic carbocycles. The molecule has 0 saturated carbocycles. The summed E-state index contributed by atoms with van der Waals surface area (Å²) in [5.41, 5.74) is 0.873. The molecule has 20 heavy (non-hydrogen) atoms. The average molecular weight is 297 g/mol. The third-order valence-electron chi connectivity index (χ3n) is 3.78. The smallest absolute Gasteiger partial charge is 0.216 e. The summed E-state index contributed by atoms with van der Waals surface area (Å²) in [6, 6.07) is 5.15. The molecular weight excluding hydrogens is 276 g/mol. The predicted molar refractivity (Wildman–Crippen MR) is 79.8 cm³/mol. The summed E-state index contributed by atoms with van der Waals surface area (Å²) >= 11 is 5.96. The fourth-order valence-electron chi connectivity index (χ4n) is 2.56. The Bertz CT molecular complexity index is 471. The number of amides is 1. The van der Waals surface area contributed by atoms with Gasteiger partial charge in [0.1, 0.15) is 5.75 Å². The molecule has 0 unspecified atom stereocenters. The summed E-state index contributed by atoms with van der Waals surface area (Å²) in [6.07, 6.45) is 2.14. The number of phenols is 1. The monoisotopic (exact) mass is 296 g/mol. The molecule has 1 fully saturated rings. The van der Waals surface area contributed by atoms with Gasteiger partial charge in [-0.25, -0.2) is 0 Å². The molecule has 0 bridgehead atoms. The first kappa shape index (κ1) is 15.1. The van der Waals surface area contributed by atoms with Gasteiger partial charge in [0.15, 0.2) is 0 Å². The first-order valence-corrected chi connectivity index (χ1v) is 7.36. The van der Waals surface area contributed by atoms with Crippen LogP contribution in [-0.4, -0.2) is 35.5 Å². The summed E-state index contributed by atoms with van der Waals surface area (Å²) in [7, 11) is 0. The topological polar surface area (TPSA) is 52.6 Å². The molecule has 0 aromatic heterocycles. The zero-order chi connectivity index (χ0) is 14.5.